The normalized spacial score (nSPS) is 39.9. The maximum absolute atomic E-state index is 12.9. The predicted molar refractivity (Wildman–Crippen MR) is 127 cm³/mol. The Morgan fingerprint density at radius 1 is 1.19 bits per heavy atom. The zero-order valence-electron chi connectivity index (χ0n) is 20.1. The lowest BCUT2D eigenvalue weighted by molar-refractivity contribution is -0.140. The van der Waals surface area contributed by atoms with Crippen LogP contribution < -0.4 is 16.0 Å². The molecule has 4 aliphatic heterocycles. The quantitative estimate of drug-likeness (QED) is 0.256. The van der Waals surface area contributed by atoms with E-state index in [-0.39, 0.29) is 30.9 Å². The highest BCUT2D eigenvalue weighted by molar-refractivity contribution is 5.90. The number of nitrogens with one attached hydrogen (secondary N) is 5. The number of ether oxygens (including phenoxy) is 1. The molecule has 0 bridgehead atoms. The Bertz CT molecular complexity index is 1160. The van der Waals surface area contributed by atoms with E-state index in [1.807, 2.05) is 0 Å². The van der Waals surface area contributed by atoms with Crippen LogP contribution in [0.15, 0.2) is 30.3 Å². The van der Waals surface area contributed by atoms with Crippen LogP contribution in [0.5, 0.6) is 0 Å². The first-order chi connectivity index (χ1) is 17.0. The third kappa shape index (κ3) is 3.07. The van der Waals surface area contributed by atoms with Gasteiger partial charge in [-0.25, -0.2) is 4.79 Å². The van der Waals surface area contributed by atoms with E-state index >= 15 is 0 Å². The molecule has 36 heavy (non-hydrogen) atoms. The number of hydrogen-bond acceptors (Lipinski definition) is 7. The highest BCUT2D eigenvalue weighted by Crippen LogP contribution is 2.60. The number of aliphatic hydroxyl groups excluding tert-OH is 1. The van der Waals surface area contributed by atoms with Crippen LogP contribution in [-0.2, 0) is 9.53 Å². The molecule has 4 saturated heterocycles. The summed E-state index contributed by atoms with van der Waals surface area (Å²) in [5.41, 5.74) is -2.64. The molecule has 4 heterocycles. The van der Waals surface area contributed by atoms with Crippen LogP contribution in [-0.4, -0.2) is 92.6 Å². The van der Waals surface area contributed by atoms with Crippen molar-refractivity contribution in [3.8, 4) is 0 Å². The summed E-state index contributed by atoms with van der Waals surface area (Å²) in [4.78, 5) is 28.8. The van der Waals surface area contributed by atoms with Crippen LogP contribution in [0.3, 0.4) is 0 Å². The summed E-state index contributed by atoms with van der Waals surface area (Å²) in [6, 6.07) is 7.55. The van der Waals surface area contributed by atoms with Crippen LogP contribution in [0.2, 0.25) is 0 Å². The van der Waals surface area contributed by atoms with Gasteiger partial charge in [0, 0.05) is 24.3 Å². The summed E-state index contributed by atoms with van der Waals surface area (Å²) >= 11 is 0. The molecule has 1 aliphatic carbocycles. The van der Waals surface area contributed by atoms with Crippen molar-refractivity contribution in [2.24, 2.45) is 11.3 Å². The third-order valence-corrected chi connectivity index (χ3v) is 8.50. The van der Waals surface area contributed by atoms with Crippen molar-refractivity contribution in [1.29, 1.82) is 10.8 Å². The number of fused-ring (bicyclic) bond motifs is 1. The minimum Gasteiger partial charge on any atom is -0.454 e. The Balaban J connectivity index is 1.28. The van der Waals surface area contributed by atoms with Crippen LogP contribution >= 0.6 is 0 Å². The molecule has 3 unspecified atom stereocenters. The molecule has 1 spiro atoms. The molecule has 7 N–H and O–H groups in total. The maximum atomic E-state index is 12.9. The number of carbonyl (C=O) groups is 2. The summed E-state index contributed by atoms with van der Waals surface area (Å²) < 4.78 is 5.75. The molecule has 1 aromatic rings. The number of piperidine rings is 1. The van der Waals surface area contributed by atoms with Crippen molar-refractivity contribution in [3.63, 3.8) is 0 Å². The van der Waals surface area contributed by atoms with Gasteiger partial charge in [-0.1, -0.05) is 32.0 Å². The number of carbonyl (C=O) groups excluding carboxylic acids is 2. The van der Waals surface area contributed by atoms with E-state index in [1.54, 1.807) is 49.1 Å². The third-order valence-electron chi connectivity index (χ3n) is 8.50. The van der Waals surface area contributed by atoms with Crippen LogP contribution in [0, 0.1) is 22.2 Å². The van der Waals surface area contributed by atoms with Crippen molar-refractivity contribution >= 4 is 23.8 Å². The lowest BCUT2D eigenvalue weighted by Crippen LogP contribution is -2.81. The van der Waals surface area contributed by atoms with Crippen LogP contribution in [0.25, 0.3) is 0 Å². The Morgan fingerprint density at radius 2 is 1.92 bits per heavy atom. The molecule has 5 aliphatic rings. The summed E-state index contributed by atoms with van der Waals surface area (Å²) in [6.45, 7) is 3.78. The summed E-state index contributed by atoms with van der Waals surface area (Å²) in [5.74, 6) is -1.06. The molecule has 0 radical (unpaired) electrons. The predicted octanol–water partition coefficient (Wildman–Crippen LogP) is -1.05. The Morgan fingerprint density at radius 3 is 2.58 bits per heavy atom. The van der Waals surface area contributed by atoms with E-state index in [4.69, 9.17) is 15.6 Å². The second-order valence-electron chi connectivity index (χ2n) is 11.2. The van der Waals surface area contributed by atoms with Gasteiger partial charge in [0.1, 0.15) is 23.6 Å². The summed E-state index contributed by atoms with van der Waals surface area (Å²) in [7, 11) is 0. The molecule has 1 amide bonds. The van der Waals surface area contributed by atoms with E-state index in [0.717, 1.165) is 0 Å². The van der Waals surface area contributed by atoms with Crippen molar-refractivity contribution in [2.75, 3.05) is 13.1 Å². The lowest BCUT2D eigenvalue weighted by Gasteiger charge is -2.56. The molecule has 5 fully saturated rings. The SMILES string of the molecule is CC1(C)CC(O)N(C[C@@H]2NC(=N)N3C[C@H](OC(=O)c4ccccc4)[C@@]4(O)C[C@H]4C34NC(=N)NC24)C1=O. The largest absolute Gasteiger partial charge is 0.454 e. The monoisotopic (exact) mass is 497 g/mol. The Kier molecular flexibility index (Phi) is 4.69. The van der Waals surface area contributed by atoms with Crippen molar-refractivity contribution < 1.29 is 24.5 Å². The lowest BCUT2D eigenvalue weighted by atomic mass is 9.81. The fourth-order valence-corrected chi connectivity index (χ4v) is 6.62. The molecule has 0 aromatic heterocycles. The zero-order valence-corrected chi connectivity index (χ0v) is 20.1. The smallest absolute Gasteiger partial charge is 0.338 e. The molecule has 1 saturated carbocycles. The van der Waals surface area contributed by atoms with Crippen molar-refractivity contribution in [1.82, 2.24) is 25.8 Å². The average molecular weight is 498 g/mol. The number of rotatable bonds is 4. The first-order valence-corrected chi connectivity index (χ1v) is 12.2. The molecule has 12 nitrogen and oxygen atoms in total. The van der Waals surface area contributed by atoms with E-state index in [0.29, 0.717) is 18.4 Å². The average Bonchev–Trinajstić information content (AvgIpc) is 3.36. The number of hydrogen-bond donors (Lipinski definition) is 7. The second kappa shape index (κ2) is 7.32. The maximum Gasteiger partial charge on any atom is 0.338 e. The summed E-state index contributed by atoms with van der Waals surface area (Å²) in [5, 5.41) is 48.7. The van der Waals surface area contributed by atoms with E-state index in [2.05, 4.69) is 16.0 Å². The van der Waals surface area contributed by atoms with Gasteiger partial charge in [-0.3, -0.25) is 15.6 Å². The van der Waals surface area contributed by atoms with Gasteiger partial charge >= 0.3 is 5.97 Å². The standard InChI is InChI=1S/C24H31N7O5/c1-22(2)9-16(32)30(19(22)34)10-13-17-24(29-20(25)28-17)14-8-23(14,35)15(11-31(24)21(26)27-13)36-18(33)12-6-4-3-5-7-12/h3-7,13-17,32,35H,8-11H2,1-2H3,(H2,26,27)(H3,25,28,29)/t13-,14+,15-,16?,17?,23+,24?/m0/s1. The molecule has 6 rings (SSSR count). The number of aliphatic hydroxyl groups is 2. The zero-order chi connectivity index (χ0) is 25.6. The molecule has 12 heteroatoms. The summed E-state index contributed by atoms with van der Waals surface area (Å²) in [6.07, 6.45) is -1.15. The molecule has 1 aromatic carbocycles. The van der Waals surface area contributed by atoms with Gasteiger partial charge in [-0.15, -0.1) is 0 Å². The van der Waals surface area contributed by atoms with Gasteiger partial charge in [0.25, 0.3) is 0 Å². The highest BCUT2D eigenvalue weighted by atomic mass is 16.6. The van der Waals surface area contributed by atoms with Crippen LogP contribution in [0.4, 0.5) is 0 Å². The van der Waals surface area contributed by atoms with Gasteiger partial charge in [0.05, 0.1) is 24.2 Å². The first kappa shape index (κ1) is 23.0. The van der Waals surface area contributed by atoms with Gasteiger partial charge in [0.15, 0.2) is 11.9 Å². The van der Waals surface area contributed by atoms with Crippen molar-refractivity contribution in [3.05, 3.63) is 35.9 Å². The van der Waals surface area contributed by atoms with Gasteiger partial charge in [-0.2, -0.15) is 0 Å². The molecule has 192 valence electrons. The van der Waals surface area contributed by atoms with E-state index in [9.17, 15) is 19.8 Å². The van der Waals surface area contributed by atoms with E-state index in [1.165, 1.54) is 4.90 Å². The topological polar surface area (TPSA) is 174 Å². The van der Waals surface area contributed by atoms with E-state index < -0.39 is 53.0 Å². The molecule has 7 atom stereocenters. The second-order valence-corrected chi connectivity index (χ2v) is 11.2. The number of nitrogens with zero attached hydrogens (tertiary/aromatic N) is 2. The Hall–Kier alpha value is -3.38. The molecular weight excluding hydrogens is 466 g/mol. The number of esters is 1. The number of likely N-dealkylation sites (tertiary alicyclic amines) is 1. The number of amides is 1. The minimum absolute atomic E-state index is 0.0374. The van der Waals surface area contributed by atoms with Gasteiger partial charge in [0.2, 0.25) is 5.91 Å². The number of benzene rings is 1. The fraction of sp³-hybridized carbons (Fsp3) is 0.583. The van der Waals surface area contributed by atoms with Crippen molar-refractivity contribution in [2.45, 2.75) is 62.4 Å². The fourth-order valence-electron chi connectivity index (χ4n) is 6.62. The highest BCUT2D eigenvalue weighted by Gasteiger charge is 2.78. The van der Waals surface area contributed by atoms with Crippen LogP contribution in [0.1, 0.15) is 37.0 Å². The molecular formula is C24H31N7O5. The van der Waals surface area contributed by atoms with Gasteiger partial charge < -0.3 is 40.7 Å². The van der Waals surface area contributed by atoms with Gasteiger partial charge in [-0.05, 0) is 18.6 Å². The first-order valence-electron chi connectivity index (χ1n) is 12.2. The minimum atomic E-state index is -1.31. The number of guanidine groups is 2. The Labute approximate surface area is 208 Å².